The highest BCUT2D eigenvalue weighted by Gasteiger charge is 2.43. The Morgan fingerprint density at radius 2 is 1.86 bits per heavy atom. The molecule has 0 saturated carbocycles. The van der Waals surface area contributed by atoms with Gasteiger partial charge in [0.05, 0.1) is 30.3 Å². The first kappa shape index (κ1) is 23.4. The highest BCUT2D eigenvalue weighted by Crippen LogP contribution is 2.33. The van der Waals surface area contributed by atoms with E-state index in [1.807, 2.05) is 47.4 Å². The lowest BCUT2D eigenvalue weighted by Crippen LogP contribution is -2.42. The number of likely N-dealkylation sites (tertiary alicyclic amines) is 2. The summed E-state index contributed by atoms with van der Waals surface area (Å²) in [6.07, 6.45) is 5.83. The lowest BCUT2D eigenvalue weighted by molar-refractivity contribution is 0.199. The zero-order valence-corrected chi connectivity index (χ0v) is 20.8. The molecule has 0 spiro atoms. The van der Waals surface area contributed by atoms with Crippen molar-refractivity contribution in [3.8, 4) is 17.3 Å². The molecule has 10 heteroatoms. The summed E-state index contributed by atoms with van der Waals surface area (Å²) in [5.74, 6) is 2.62. The molecule has 2 aromatic heterocycles. The van der Waals surface area contributed by atoms with E-state index in [2.05, 4.69) is 37.5 Å². The number of nitrogens with one attached hydrogen (secondary N) is 1. The first-order valence-corrected chi connectivity index (χ1v) is 12.6. The molecule has 2 atom stereocenters. The van der Waals surface area contributed by atoms with Crippen LogP contribution in [-0.4, -0.2) is 61.5 Å². The Labute approximate surface area is 219 Å². The molecule has 2 aromatic carbocycles. The Hall–Kier alpha value is -3.95. The molecule has 0 aliphatic carbocycles. The molecule has 0 radical (unpaired) electrons. The smallest absolute Gasteiger partial charge is 0.322 e. The van der Waals surface area contributed by atoms with Crippen LogP contribution < -0.4 is 10.1 Å². The lowest BCUT2D eigenvalue weighted by Gasteiger charge is -2.25. The number of fused-ring (bicyclic) bond motifs is 1. The number of anilines is 1. The van der Waals surface area contributed by atoms with Crippen molar-refractivity contribution in [3.05, 3.63) is 89.8 Å². The zero-order valence-electron chi connectivity index (χ0n) is 20.1. The summed E-state index contributed by atoms with van der Waals surface area (Å²) in [5, 5.41) is 11.8. The van der Waals surface area contributed by atoms with Crippen molar-refractivity contribution in [2.45, 2.75) is 19.0 Å². The Bertz CT molecular complexity index is 1360. The average molecular weight is 516 g/mol. The van der Waals surface area contributed by atoms with Gasteiger partial charge >= 0.3 is 6.03 Å². The van der Waals surface area contributed by atoms with Crippen molar-refractivity contribution in [1.82, 2.24) is 29.8 Å². The molecule has 2 aliphatic heterocycles. The van der Waals surface area contributed by atoms with Crippen LogP contribution in [0.5, 0.6) is 11.5 Å². The van der Waals surface area contributed by atoms with Gasteiger partial charge < -0.3 is 15.0 Å². The molecule has 2 unspecified atom stereocenters. The van der Waals surface area contributed by atoms with E-state index in [1.165, 1.54) is 10.4 Å². The lowest BCUT2D eigenvalue weighted by atomic mass is 10.1. The van der Waals surface area contributed by atoms with Crippen molar-refractivity contribution in [3.63, 3.8) is 0 Å². The molecule has 4 heterocycles. The van der Waals surface area contributed by atoms with Gasteiger partial charge in [0.1, 0.15) is 11.5 Å². The highest BCUT2D eigenvalue weighted by molar-refractivity contribution is 6.30. The first-order chi connectivity index (χ1) is 18.1. The quantitative estimate of drug-likeness (QED) is 0.395. The van der Waals surface area contributed by atoms with Crippen LogP contribution >= 0.6 is 11.6 Å². The maximum atomic E-state index is 13.1. The minimum Gasteiger partial charge on any atom is -0.457 e. The minimum absolute atomic E-state index is 0.0838. The predicted molar refractivity (Wildman–Crippen MR) is 140 cm³/mol. The van der Waals surface area contributed by atoms with Crippen LogP contribution in [0.1, 0.15) is 12.0 Å². The van der Waals surface area contributed by atoms with E-state index in [0.717, 1.165) is 44.1 Å². The van der Waals surface area contributed by atoms with Crippen molar-refractivity contribution in [1.29, 1.82) is 0 Å². The second-order valence-electron chi connectivity index (χ2n) is 9.36. The van der Waals surface area contributed by atoms with E-state index in [4.69, 9.17) is 16.3 Å². The van der Waals surface area contributed by atoms with Gasteiger partial charge in [0, 0.05) is 31.2 Å². The van der Waals surface area contributed by atoms with E-state index in [0.29, 0.717) is 22.4 Å². The van der Waals surface area contributed by atoms with Gasteiger partial charge in [-0.15, -0.1) is 4.80 Å². The van der Waals surface area contributed by atoms with Gasteiger partial charge in [0.2, 0.25) is 0 Å². The molecular formula is C27H26ClN7O2. The van der Waals surface area contributed by atoms with Crippen LogP contribution in [0.25, 0.3) is 5.82 Å². The molecule has 2 fully saturated rings. The number of amides is 2. The minimum atomic E-state index is -0.0838. The average Bonchev–Trinajstić information content (AvgIpc) is 3.64. The summed E-state index contributed by atoms with van der Waals surface area (Å²) in [7, 11) is 0. The second-order valence-corrected chi connectivity index (χ2v) is 9.80. The topological polar surface area (TPSA) is 88.4 Å². The largest absolute Gasteiger partial charge is 0.457 e. The number of carbonyl (C=O) groups excluding carboxylic acids is 1. The summed E-state index contributed by atoms with van der Waals surface area (Å²) < 4.78 is 5.99. The Kier molecular flexibility index (Phi) is 6.46. The summed E-state index contributed by atoms with van der Waals surface area (Å²) in [6.45, 7) is 3.40. The molecule has 0 bridgehead atoms. The number of ether oxygens (including phenoxy) is 1. The summed E-state index contributed by atoms with van der Waals surface area (Å²) in [6, 6.07) is 19.2. The number of pyridine rings is 1. The van der Waals surface area contributed by atoms with Crippen LogP contribution in [0.2, 0.25) is 5.02 Å². The van der Waals surface area contributed by atoms with Gasteiger partial charge in [-0.1, -0.05) is 23.7 Å². The molecule has 2 aliphatic rings. The number of carbonyl (C=O) groups is 1. The number of rotatable bonds is 6. The fourth-order valence-electron chi connectivity index (χ4n) is 5.14. The SMILES string of the molecule is O=C(Nc1ccc(-n2nccn2)nc1)N1CCC2CN(Cc3cccc(Oc4ccc(Cl)cc4)c3)CC21. The third-order valence-corrected chi connectivity index (χ3v) is 7.11. The standard InChI is InChI=1S/C27H26ClN7O2/c28-21-4-7-23(8-5-21)37-24-3-1-2-19(14-24)16-33-17-20-10-13-34(25(20)18-33)27(36)32-22-6-9-26(29-15-22)35-30-11-12-31-35/h1-9,11-12,14-15,20,25H,10,13,16-18H2,(H,32,36). The van der Waals surface area contributed by atoms with E-state index >= 15 is 0 Å². The van der Waals surface area contributed by atoms with Crippen molar-refractivity contribution in [2.24, 2.45) is 5.92 Å². The molecule has 188 valence electrons. The summed E-state index contributed by atoms with van der Waals surface area (Å²) >= 11 is 5.97. The first-order valence-electron chi connectivity index (χ1n) is 12.3. The van der Waals surface area contributed by atoms with Gasteiger partial charge in [-0.3, -0.25) is 4.90 Å². The second kappa shape index (κ2) is 10.2. The zero-order chi connectivity index (χ0) is 25.2. The Morgan fingerprint density at radius 3 is 2.65 bits per heavy atom. The predicted octanol–water partition coefficient (Wildman–Crippen LogP) is 4.85. The van der Waals surface area contributed by atoms with Crippen molar-refractivity contribution < 1.29 is 9.53 Å². The number of halogens is 1. The summed E-state index contributed by atoms with van der Waals surface area (Å²) in [5.41, 5.74) is 1.83. The third kappa shape index (κ3) is 5.28. The fourth-order valence-corrected chi connectivity index (χ4v) is 5.27. The van der Waals surface area contributed by atoms with Crippen molar-refractivity contribution in [2.75, 3.05) is 25.0 Å². The van der Waals surface area contributed by atoms with Gasteiger partial charge in [-0.05, 0) is 66.4 Å². The Balaban J connectivity index is 1.05. The van der Waals surface area contributed by atoms with Crippen LogP contribution in [0.4, 0.5) is 10.5 Å². The Morgan fingerprint density at radius 1 is 1.03 bits per heavy atom. The number of hydrogen-bond acceptors (Lipinski definition) is 6. The number of hydrogen-bond donors (Lipinski definition) is 1. The number of nitrogens with zero attached hydrogens (tertiary/aromatic N) is 6. The van der Waals surface area contributed by atoms with E-state index < -0.39 is 0 Å². The van der Waals surface area contributed by atoms with Gasteiger partial charge in [-0.2, -0.15) is 10.2 Å². The van der Waals surface area contributed by atoms with Crippen LogP contribution in [0.3, 0.4) is 0 Å². The van der Waals surface area contributed by atoms with E-state index in [-0.39, 0.29) is 12.1 Å². The third-order valence-electron chi connectivity index (χ3n) is 6.86. The fraction of sp³-hybridized carbons (Fsp3) is 0.259. The monoisotopic (exact) mass is 515 g/mol. The number of urea groups is 1. The molecule has 2 saturated heterocycles. The number of benzene rings is 2. The summed E-state index contributed by atoms with van der Waals surface area (Å²) in [4.78, 5) is 23.3. The van der Waals surface area contributed by atoms with Crippen molar-refractivity contribution >= 4 is 23.3 Å². The van der Waals surface area contributed by atoms with E-state index in [9.17, 15) is 4.79 Å². The number of aromatic nitrogens is 4. The van der Waals surface area contributed by atoms with Gasteiger partial charge in [0.15, 0.2) is 5.82 Å². The normalized spacial score (nSPS) is 19.1. The molecule has 6 rings (SSSR count). The highest BCUT2D eigenvalue weighted by atomic mass is 35.5. The molecule has 2 amide bonds. The molecule has 37 heavy (non-hydrogen) atoms. The van der Waals surface area contributed by atoms with Gasteiger partial charge in [0.25, 0.3) is 0 Å². The van der Waals surface area contributed by atoms with Gasteiger partial charge in [-0.25, -0.2) is 9.78 Å². The molecule has 1 N–H and O–H groups in total. The maximum Gasteiger partial charge on any atom is 0.322 e. The van der Waals surface area contributed by atoms with Crippen LogP contribution in [-0.2, 0) is 6.54 Å². The van der Waals surface area contributed by atoms with Crippen LogP contribution in [0.15, 0.2) is 79.3 Å². The maximum absolute atomic E-state index is 13.1. The molecule has 4 aromatic rings. The molecular weight excluding hydrogens is 490 g/mol. The van der Waals surface area contributed by atoms with Crippen LogP contribution in [0, 0.1) is 5.92 Å². The molecule has 9 nitrogen and oxygen atoms in total. The van der Waals surface area contributed by atoms with E-state index in [1.54, 1.807) is 24.7 Å².